The summed E-state index contributed by atoms with van der Waals surface area (Å²) in [6.07, 6.45) is 1.83. The average molecular weight is 556 g/mol. The average Bonchev–Trinajstić information content (AvgIpc) is 3.48. The molecule has 0 spiro atoms. The molecule has 3 heterocycles. The molecule has 7 nitrogen and oxygen atoms in total. The van der Waals surface area contributed by atoms with Crippen LogP contribution in [0.3, 0.4) is 0 Å². The molecule has 0 bridgehead atoms. The second-order valence-electron chi connectivity index (χ2n) is 9.88. The molecule has 1 aliphatic rings. The highest BCUT2D eigenvalue weighted by Gasteiger charge is 2.43. The van der Waals surface area contributed by atoms with Crippen molar-refractivity contribution < 1.29 is 9.47 Å². The highest BCUT2D eigenvalue weighted by molar-refractivity contribution is 7.80. The summed E-state index contributed by atoms with van der Waals surface area (Å²) < 4.78 is 13.6. The molecule has 1 N–H and O–H groups in total. The maximum Gasteiger partial charge on any atom is 0.174 e. The van der Waals surface area contributed by atoms with Crippen molar-refractivity contribution in [2.24, 2.45) is 0 Å². The van der Waals surface area contributed by atoms with Crippen molar-refractivity contribution in [3.63, 3.8) is 0 Å². The van der Waals surface area contributed by atoms with Crippen molar-refractivity contribution in [2.45, 2.75) is 39.8 Å². The first-order valence-electron chi connectivity index (χ1n) is 13.7. The first-order chi connectivity index (χ1) is 19.4. The van der Waals surface area contributed by atoms with Gasteiger partial charge in [-0.3, -0.25) is 4.98 Å². The first kappa shape index (κ1) is 27.5. The normalized spacial score (nSPS) is 16.6. The molecule has 2 aromatic carbocycles. The van der Waals surface area contributed by atoms with Gasteiger partial charge in [-0.25, -0.2) is 0 Å². The predicted octanol–water partition coefficient (Wildman–Crippen LogP) is 6.53. The molecule has 2 aromatic heterocycles. The van der Waals surface area contributed by atoms with Gasteiger partial charge < -0.3 is 29.2 Å². The largest absolute Gasteiger partial charge is 0.497 e. The van der Waals surface area contributed by atoms with Crippen LogP contribution in [0.4, 0.5) is 11.4 Å². The van der Waals surface area contributed by atoms with Crippen molar-refractivity contribution >= 4 is 28.7 Å². The van der Waals surface area contributed by atoms with Gasteiger partial charge in [-0.05, 0) is 100 Å². The number of hydrogen-bond acceptors (Lipinski definition) is 5. The number of benzene rings is 2. The number of hydrogen-bond donors (Lipinski definition) is 1. The number of aryl methyl sites for hydroxylation is 1. The molecule has 0 saturated carbocycles. The SMILES string of the molecule is CCN(CC)c1ccc(-n2c(C)cc([C@H]3[C@@H](c4ccccn4)NC(=S)N3c3ccc(OC)cc3OC)c2C)cc1. The third-order valence-corrected chi connectivity index (χ3v) is 8.08. The van der Waals surface area contributed by atoms with E-state index < -0.39 is 0 Å². The standard InChI is InChI=1S/C32H37N5O2S/c1-7-35(8-2)23-12-14-24(15-13-23)36-21(3)19-26(22(36)4)31-30(27-11-9-10-18-33-27)34-32(40)37(31)28-17-16-25(38-5)20-29(28)39-6/h9-20,30-31H,7-8H2,1-6H3,(H,34,40)/t30-,31+/m1/s1. The Hall–Kier alpha value is -4.04. The smallest absolute Gasteiger partial charge is 0.174 e. The molecule has 2 atom stereocenters. The molecular formula is C32H37N5O2S. The minimum absolute atomic E-state index is 0.153. The van der Waals surface area contributed by atoms with Crippen LogP contribution in [0.25, 0.3) is 5.69 Å². The molecule has 1 saturated heterocycles. The van der Waals surface area contributed by atoms with Gasteiger partial charge in [-0.15, -0.1) is 0 Å². The first-order valence-corrected chi connectivity index (χ1v) is 14.1. The topological polar surface area (TPSA) is 54.8 Å². The zero-order chi connectivity index (χ0) is 28.4. The van der Waals surface area contributed by atoms with Crippen LogP contribution in [-0.2, 0) is 0 Å². The lowest BCUT2D eigenvalue weighted by atomic mass is 9.96. The summed E-state index contributed by atoms with van der Waals surface area (Å²) in [4.78, 5) is 9.23. The van der Waals surface area contributed by atoms with E-state index in [2.05, 4.69) is 77.7 Å². The number of aromatic nitrogens is 2. The van der Waals surface area contributed by atoms with E-state index in [9.17, 15) is 0 Å². The highest BCUT2D eigenvalue weighted by atomic mass is 32.1. The van der Waals surface area contributed by atoms with Crippen molar-refractivity contribution in [3.05, 3.63) is 95.6 Å². The molecule has 1 fully saturated rings. The van der Waals surface area contributed by atoms with Gasteiger partial charge >= 0.3 is 0 Å². The zero-order valence-electron chi connectivity index (χ0n) is 24.0. The van der Waals surface area contributed by atoms with Gasteiger partial charge in [-0.2, -0.15) is 0 Å². The fourth-order valence-electron chi connectivity index (χ4n) is 5.80. The Bertz CT molecular complexity index is 1480. The highest BCUT2D eigenvalue weighted by Crippen LogP contribution is 2.46. The molecule has 0 amide bonds. The Kier molecular flexibility index (Phi) is 7.98. The quantitative estimate of drug-likeness (QED) is 0.236. The summed E-state index contributed by atoms with van der Waals surface area (Å²) in [6, 6.07) is 22.6. The zero-order valence-corrected chi connectivity index (χ0v) is 24.8. The number of nitrogens with zero attached hydrogens (tertiary/aromatic N) is 4. The predicted molar refractivity (Wildman–Crippen MR) is 166 cm³/mol. The molecule has 8 heteroatoms. The van der Waals surface area contributed by atoms with Gasteiger partial charge in [0.25, 0.3) is 0 Å². The van der Waals surface area contributed by atoms with Gasteiger partial charge in [0.05, 0.1) is 37.7 Å². The molecular weight excluding hydrogens is 518 g/mol. The summed E-state index contributed by atoms with van der Waals surface area (Å²) in [5.74, 6) is 1.42. The molecule has 0 radical (unpaired) electrons. The second-order valence-corrected chi connectivity index (χ2v) is 10.3. The van der Waals surface area contributed by atoms with Gasteiger partial charge in [0.2, 0.25) is 0 Å². The van der Waals surface area contributed by atoms with Crippen LogP contribution in [0, 0.1) is 13.8 Å². The summed E-state index contributed by atoms with van der Waals surface area (Å²) in [6.45, 7) is 10.7. The van der Waals surface area contributed by atoms with E-state index in [0.717, 1.165) is 47.3 Å². The molecule has 4 aromatic rings. The Balaban J connectivity index is 1.64. The van der Waals surface area contributed by atoms with E-state index >= 15 is 0 Å². The summed E-state index contributed by atoms with van der Waals surface area (Å²) in [5.41, 5.74) is 7.65. The van der Waals surface area contributed by atoms with Crippen LogP contribution >= 0.6 is 12.2 Å². The summed E-state index contributed by atoms with van der Waals surface area (Å²) in [5, 5.41) is 4.19. The van der Waals surface area contributed by atoms with Gasteiger partial charge in [0.15, 0.2) is 5.11 Å². The minimum atomic E-state index is -0.153. The third-order valence-electron chi connectivity index (χ3n) is 7.77. The number of ether oxygens (including phenoxy) is 2. The van der Waals surface area contributed by atoms with E-state index in [1.807, 2.05) is 42.6 Å². The van der Waals surface area contributed by atoms with Crippen LogP contribution in [0.5, 0.6) is 11.5 Å². The molecule has 0 aliphatic carbocycles. The molecule has 5 rings (SSSR count). The van der Waals surface area contributed by atoms with Crippen molar-refractivity contribution in [1.29, 1.82) is 0 Å². The number of nitrogens with one attached hydrogen (secondary N) is 1. The fraction of sp³-hybridized carbons (Fsp3) is 0.312. The number of methoxy groups -OCH3 is 2. The van der Waals surface area contributed by atoms with Crippen LogP contribution in [0.15, 0.2) is 72.9 Å². The van der Waals surface area contributed by atoms with E-state index in [-0.39, 0.29) is 12.1 Å². The van der Waals surface area contributed by atoms with Crippen LogP contribution in [0.2, 0.25) is 0 Å². The Morgan fingerprint density at radius 1 is 0.950 bits per heavy atom. The molecule has 40 heavy (non-hydrogen) atoms. The maximum atomic E-state index is 5.97. The van der Waals surface area contributed by atoms with Crippen molar-refractivity contribution in [3.8, 4) is 17.2 Å². The van der Waals surface area contributed by atoms with E-state index in [1.54, 1.807) is 14.2 Å². The molecule has 0 unspecified atom stereocenters. The number of thiocarbonyl (C=S) groups is 1. The second kappa shape index (κ2) is 11.6. The number of pyridine rings is 1. The van der Waals surface area contributed by atoms with Crippen LogP contribution in [0.1, 0.15) is 48.6 Å². The van der Waals surface area contributed by atoms with Crippen molar-refractivity contribution in [2.75, 3.05) is 37.1 Å². The van der Waals surface area contributed by atoms with Crippen LogP contribution < -0.4 is 24.6 Å². The Morgan fingerprint density at radius 3 is 2.33 bits per heavy atom. The lowest BCUT2D eigenvalue weighted by molar-refractivity contribution is 0.394. The van der Waals surface area contributed by atoms with E-state index in [0.29, 0.717) is 10.9 Å². The van der Waals surface area contributed by atoms with Gasteiger partial charge in [0, 0.05) is 48.1 Å². The minimum Gasteiger partial charge on any atom is -0.497 e. The molecule has 208 valence electrons. The monoisotopic (exact) mass is 555 g/mol. The number of anilines is 2. The van der Waals surface area contributed by atoms with Crippen molar-refractivity contribution in [1.82, 2.24) is 14.9 Å². The third kappa shape index (κ3) is 4.88. The summed E-state index contributed by atoms with van der Waals surface area (Å²) in [7, 11) is 3.32. The van der Waals surface area contributed by atoms with E-state index in [4.69, 9.17) is 26.7 Å². The van der Waals surface area contributed by atoms with Gasteiger partial charge in [0.1, 0.15) is 11.5 Å². The Morgan fingerprint density at radius 2 is 1.70 bits per heavy atom. The molecule has 1 aliphatic heterocycles. The lowest BCUT2D eigenvalue weighted by Crippen LogP contribution is -2.30. The van der Waals surface area contributed by atoms with Crippen LogP contribution in [-0.4, -0.2) is 42.0 Å². The Labute approximate surface area is 242 Å². The van der Waals surface area contributed by atoms with E-state index in [1.165, 1.54) is 11.3 Å². The number of rotatable bonds is 9. The summed E-state index contributed by atoms with van der Waals surface area (Å²) >= 11 is 5.97. The lowest BCUT2D eigenvalue weighted by Gasteiger charge is -2.29. The van der Waals surface area contributed by atoms with Gasteiger partial charge in [-0.1, -0.05) is 6.07 Å². The fourth-order valence-corrected chi connectivity index (χ4v) is 6.14. The maximum absolute atomic E-state index is 5.97.